The molecule has 0 spiro atoms. The van der Waals surface area contributed by atoms with Gasteiger partial charge in [0.25, 0.3) is 5.91 Å². The van der Waals surface area contributed by atoms with Gasteiger partial charge in [0.1, 0.15) is 16.3 Å². The third kappa shape index (κ3) is 6.05. The molecule has 0 bridgehead atoms. The number of hydrazine groups is 1. The van der Waals surface area contributed by atoms with Crippen molar-refractivity contribution >= 4 is 57.1 Å². The summed E-state index contributed by atoms with van der Waals surface area (Å²) in [5.41, 5.74) is 8.12. The minimum Gasteiger partial charge on any atom is -0.479 e. The minimum absolute atomic E-state index is 0.0974. The zero-order chi connectivity index (χ0) is 24.8. The zero-order valence-corrected chi connectivity index (χ0v) is 21.4. The first kappa shape index (κ1) is 25.5. The lowest BCUT2D eigenvalue weighted by Gasteiger charge is -2.17. The smallest absolute Gasteiger partial charge is 0.341 e. The van der Waals surface area contributed by atoms with Gasteiger partial charge in [0.15, 0.2) is 11.2 Å². The Hall–Kier alpha value is -3.14. The molecule has 34 heavy (non-hydrogen) atoms. The molecule has 1 atom stereocenters. The maximum atomic E-state index is 12.6. The first-order valence-electron chi connectivity index (χ1n) is 10.3. The lowest BCUT2D eigenvalue weighted by Crippen LogP contribution is -2.48. The van der Waals surface area contributed by atoms with Gasteiger partial charge in [-0.1, -0.05) is 48.0 Å². The van der Waals surface area contributed by atoms with Crippen LogP contribution in [0.4, 0.5) is 5.00 Å². The molecule has 0 aliphatic rings. The highest BCUT2D eigenvalue weighted by Gasteiger charge is 2.25. The molecule has 1 heterocycles. The van der Waals surface area contributed by atoms with E-state index in [0.717, 1.165) is 21.6 Å². The van der Waals surface area contributed by atoms with E-state index in [0.29, 0.717) is 21.3 Å². The van der Waals surface area contributed by atoms with Crippen molar-refractivity contribution in [1.29, 1.82) is 0 Å². The van der Waals surface area contributed by atoms with Gasteiger partial charge in [0.2, 0.25) is 0 Å². The number of carbonyl (C=O) groups excluding carboxylic acids is 2. The molecule has 7 nitrogen and oxygen atoms in total. The summed E-state index contributed by atoms with van der Waals surface area (Å²) in [4.78, 5) is 26.0. The van der Waals surface area contributed by atoms with Gasteiger partial charge in [-0.3, -0.25) is 15.6 Å². The number of carbonyl (C=O) groups is 2. The van der Waals surface area contributed by atoms with Gasteiger partial charge in [0.05, 0.1) is 12.1 Å². The molecule has 1 amide bonds. The molecular weight excluding hydrogens is 494 g/mol. The summed E-state index contributed by atoms with van der Waals surface area (Å²) in [5, 5.41) is 3.99. The lowest BCUT2D eigenvalue weighted by atomic mass is 10.0. The SMILES string of the molecule is COC(=O)c1c(NC(=S)NNC(=O)[C@H](C)Oc2cc(C)ccc2Cl)sc(C)c1-c1ccccc1. The Bertz CT molecular complexity index is 1210. The van der Waals surface area contributed by atoms with E-state index in [1.54, 1.807) is 19.1 Å². The molecule has 0 saturated heterocycles. The predicted molar refractivity (Wildman–Crippen MR) is 140 cm³/mol. The summed E-state index contributed by atoms with van der Waals surface area (Å²) >= 11 is 12.8. The highest BCUT2D eigenvalue weighted by Crippen LogP contribution is 2.40. The number of rotatable bonds is 6. The number of aryl methyl sites for hydroxylation is 2. The van der Waals surface area contributed by atoms with Gasteiger partial charge in [0, 0.05) is 10.4 Å². The molecule has 3 aromatic rings. The fourth-order valence-corrected chi connectivity index (χ4v) is 4.63. The normalized spacial score (nSPS) is 11.3. The van der Waals surface area contributed by atoms with Crippen LogP contribution in [0.15, 0.2) is 48.5 Å². The molecule has 0 saturated carbocycles. The third-order valence-corrected chi connectivity index (χ3v) is 6.36. The number of amides is 1. The molecule has 0 fully saturated rings. The number of hydrogen-bond donors (Lipinski definition) is 3. The number of thiophene rings is 1. The Morgan fingerprint density at radius 1 is 1.09 bits per heavy atom. The van der Waals surface area contributed by atoms with Crippen molar-refractivity contribution in [2.45, 2.75) is 26.9 Å². The van der Waals surface area contributed by atoms with Crippen molar-refractivity contribution in [2.24, 2.45) is 0 Å². The average Bonchev–Trinajstić information content (AvgIpc) is 3.15. The number of esters is 1. The largest absolute Gasteiger partial charge is 0.479 e. The average molecular weight is 518 g/mol. The van der Waals surface area contributed by atoms with Crippen molar-refractivity contribution in [3.8, 4) is 16.9 Å². The fourth-order valence-electron chi connectivity index (χ4n) is 3.18. The summed E-state index contributed by atoms with van der Waals surface area (Å²) in [6, 6.07) is 14.9. The van der Waals surface area contributed by atoms with E-state index in [2.05, 4.69) is 16.2 Å². The summed E-state index contributed by atoms with van der Waals surface area (Å²) in [5.74, 6) is -0.535. The Labute approximate surface area is 212 Å². The predicted octanol–water partition coefficient (Wildman–Crippen LogP) is 5.26. The summed E-state index contributed by atoms with van der Waals surface area (Å²) in [7, 11) is 1.33. The third-order valence-electron chi connectivity index (χ3n) is 4.82. The molecule has 1 aromatic heterocycles. The molecule has 10 heteroatoms. The van der Waals surface area contributed by atoms with E-state index in [1.165, 1.54) is 18.4 Å². The monoisotopic (exact) mass is 517 g/mol. The van der Waals surface area contributed by atoms with Crippen LogP contribution in [-0.4, -0.2) is 30.2 Å². The van der Waals surface area contributed by atoms with Gasteiger partial charge < -0.3 is 14.8 Å². The van der Waals surface area contributed by atoms with Crippen LogP contribution < -0.4 is 20.9 Å². The van der Waals surface area contributed by atoms with Crippen LogP contribution in [0.2, 0.25) is 5.02 Å². The highest BCUT2D eigenvalue weighted by atomic mass is 35.5. The Morgan fingerprint density at radius 3 is 2.47 bits per heavy atom. The molecule has 3 N–H and O–H groups in total. The maximum absolute atomic E-state index is 12.6. The van der Waals surface area contributed by atoms with Crippen LogP contribution in [0.3, 0.4) is 0 Å². The van der Waals surface area contributed by atoms with Crippen LogP contribution in [0.5, 0.6) is 5.75 Å². The summed E-state index contributed by atoms with van der Waals surface area (Å²) in [6.45, 7) is 5.41. The number of halogens is 1. The van der Waals surface area contributed by atoms with E-state index in [1.807, 2.05) is 50.2 Å². The summed E-state index contributed by atoms with van der Waals surface area (Å²) < 4.78 is 10.7. The number of nitrogens with one attached hydrogen (secondary N) is 3. The van der Waals surface area contributed by atoms with Gasteiger partial charge in [-0.2, -0.15) is 0 Å². The molecular formula is C24H24ClN3O4S2. The second-order valence-electron chi connectivity index (χ2n) is 7.36. The molecule has 0 aliphatic heterocycles. The molecule has 178 valence electrons. The molecule has 0 radical (unpaired) electrons. The highest BCUT2D eigenvalue weighted by molar-refractivity contribution is 7.80. The van der Waals surface area contributed by atoms with E-state index in [9.17, 15) is 9.59 Å². The zero-order valence-electron chi connectivity index (χ0n) is 19.0. The number of thiocarbonyl (C=S) groups is 1. The van der Waals surface area contributed by atoms with E-state index in [4.69, 9.17) is 33.3 Å². The van der Waals surface area contributed by atoms with Crippen molar-refractivity contribution in [3.05, 3.63) is 69.6 Å². The first-order valence-corrected chi connectivity index (χ1v) is 11.9. The first-order chi connectivity index (χ1) is 16.2. The summed E-state index contributed by atoms with van der Waals surface area (Å²) in [6.07, 6.45) is -0.839. The minimum atomic E-state index is -0.839. The van der Waals surface area contributed by atoms with E-state index >= 15 is 0 Å². The van der Waals surface area contributed by atoms with Gasteiger partial charge >= 0.3 is 5.97 Å². The molecule has 2 aromatic carbocycles. The van der Waals surface area contributed by atoms with Crippen molar-refractivity contribution < 1.29 is 19.1 Å². The number of anilines is 1. The van der Waals surface area contributed by atoms with Crippen molar-refractivity contribution in [1.82, 2.24) is 10.9 Å². The second kappa shape index (κ2) is 11.3. The maximum Gasteiger partial charge on any atom is 0.341 e. The second-order valence-corrected chi connectivity index (χ2v) is 9.40. The Morgan fingerprint density at radius 2 is 1.79 bits per heavy atom. The number of hydrogen-bond acceptors (Lipinski definition) is 6. The number of ether oxygens (including phenoxy) is 2. The number of methoxy groups -OCH3 is 1. The quantitative estimate of drug-likeness (QED) is 0.233. The number of benzene rings is 2. The Balaban J connectivity index is 1.68. The van der Waals surface area contributed by atoms with Crippen LogP contribution >= 0.6 is 35.2 Å². The van der Waals surface area contributed by atoms with Crippen LogP contribution in [-0.2, 0) is 9.53 Å². The molecule has 3 rings (SSSR count). The van der Waals surface area contributed by atoms with Crippen molar-refractivity contribution in [2.75, 3.05) is 12.4 Å². The van der Waals surface area contributed by atoms with Crippen LogP contribution in [0.25, 0.3) is 11.1 Å². The van der Waals surface area contributed by atoms with Gasteiger partial charge in [-0.05, 0) is 56.2 Å². The van der Waals surface area contributed by atoms with E-state index in [-0.39, 0.29) is 5.11 Å². The topological polar surface area (TPSA) is 88.7 Å². The van der Waals surface area contributed by atoms with Crippen LogP contribution in [0, 0.1) is 13.8 Å². The lowest BCUT2D eigenvalue weighted by molar-refractivity contribution is -0.127. The standard InChI is InChI=1S/C24H24ClN3O4S2/c1-13-10-11-17(25)18(12-13)32-14(2)21(29)27-28-24(33)26-22-20(23(30)31-4)19(15(3)34-22)16-8-6-5-7-9-16/h5-12,14H,1-4H3,(H,27,29)(H2,26,28,33)/t14-/m0/s1. The Kier molecular flexibility index (Phi) is 8.49. The van der Waals surface area contributed by atoms with Crippen molar-refractivity contribution in [3.63, 3.8) is 0 Å². The van der Waals surface area contributed by atoms with Gasteiger partial charge in [-0.25, -0.2) is 4.79 Å². The molecule has 0 aliphatic carbocycles. The van der Waals surface area contributed by atoms with Crippen LogP contribution in [0.1, 0.15) is 27.7 Å². The van der Waals surface area contributed by atoms with Gasteiger partial charge in [-0.15, -0.1) is 11.3 Å². The molecule has 0 unspecified atom stereocenters. The fraction of sp³-hybridized carbons (Fsp3) is 0.208. The van der Waals surface area contributed by atoms with E-state index < -0.39 is 18.0 Å².